The first-order valence-corrected chi connectivity index (χ1v) is 12.8. The van der Waals surface area contributed by atoms with Crippen LogP contribution in [-0.4, -0.2) is 73.4 Å². The summed E-state index contributed by atoms with van der Waals surface area (Å²) in [7, 11) is 0. The molecule has 2 rings (SSSR count). The van der Waals surface area contributed by atoms with Gasteiger partial charge in [0.1, 0.15) is 18.1 Å². The van der Waals surface area contributed by atoms with Crippen LogP contribution < -0.4 is 9.47 Å². The van der Waals surface area contributed by atoms with E-state index in [0.717, 1.165) is 10.5 Å². The van der Waals surface area contributed by atoms with Crippen molar-refractivity contribution in [2.75, 3.05) is 32.9 Å². The zero-order valence-electron chi connectivity index (χ0n) is 23.2. The Hall–Kier alpha value is -3.45. The minimum Gasteiger partial charge on any atom is -0.492 e. The number of benzene rings is 2. The van der Waals surface area contributed by atoms with Gasteiger partial charge in [-0.25, -0.2) is 9.59 Å². The molecule has 1 atom stereocenters. The molecule has 0 saturated carbocycles. The molecule has 0 spiro atoms. The molecule has 1 N–H and O–H groups in total. The summed E-state index contributed by atoms with van der Waals surface area (Å²) in [5.74, 6) is -0.361. The van der Waals surface area contributed by atoms with Gasteiger partial charge < -0.3 is 29.0 Å². The summed E-state index contributed by atoms with van der Waals surface area (Å²) >= 11 is 0. The molecule has 0 aliphatic heterocycles. The highest BCUT2D eigenvalue weighted by molar-refractivity contribution is 5.73. The van der Waals surface area contributed by atoms with E-state index >= 15 is 0 Å². The molecule has 0 heterocycles. The maximum absolute atomic E-state index is 13.1. The molecule has 0 aliphatic carbocycles. The zero-order valence-corrected chi connectivity index (χ0v) is 23.2. The van der Waals surface area contributed by atoms with Crippen LogP contribution in [0.3, 0.4) is 0 Å². The van der Waals surface area contributed by atoms with Gasteiger partial charge in [-0.3, -0.25) is 0 Å². The lowest BCUT2D eigenvalue weighted by Gasteiger charge is -2.24. The molecule has 0 radical (unpaired) electrons. The fourth-order valence-electron chi connectivity index (χ4n) is 3.94. The molecule has 41 heavy (non-hydrogen) atoms. The Morgan fingerprint density at radius 1 is 0.951 bits per heavy atom. The number of carboxylic acid groups (broad SMARTS) is 1. The lowest BCUT2D eigenvalue weighted by Crippen LogP contribution is -2.41. The number of carbonyl (C=O) groups is 2. The smallest absolute Gasteiger partial charge is 0.482 e. The first-order chi connectivity index (χ1) is 19.1. The average Bonchev–Trinajstić information content (AvgIpc) is 2.87. The van der Waals surface area contributed by atoms with Gasteiger partial charge in [-0.15, -0.1) is 0 Å². The number of hydrogen-bond donors (Lipinski definition) is 1. The van der Waals surface area contributed by atoms with Gasteiger partial charge >= 0.3 is 24.3 Å². The third-order valence-corrected chi connectivity index (χ3v) is 5.86. The maximum atomic E-state index is 13.1. The van der Waals surface area contributed by atoms with E-state index in [1.807, 2.05) is 19.1 Å². The standard InChI is InChI=1S/C28H34F5NO7/c1-5-38-23(25(35)36)17-21-7-9-22(10-8-21)39-14-12-34(11-6-13-40-28(32,33)27(29,30)31)26(37)41-24-19(3)15-18(2)16-20(24)4/h7-10,15-16,23H,5-6,11-14,17H2,1-4H3,(H,35,36). The second-order valence-electron chi connectivity index (χ2n) is 9.28. The summed E-state index contributed by atoms with van der Waals surface area (Å²) in [4.78, 5) is 25.4. The molecule has 1 amide bonds. The van der Waals surface area contributed by atoms with Gasteiger partial charge in [0, 0.05) is 19.6 Å². The van der Waals surface area contributed by atoms with Crippen LogP contribution in [0.2, 0.25) is 0 Å². The molecule has 228 valence electrons. The Morgan fingerprint density at radius 3 is 2.10 bits per heavy atom. The van der Waals surface area contributed by atoms with Crippen LogP contribution in [0.4, 0.5) is 26.7 Å². The molecule has 2 aromatic carbocycles. The molecule has 8 nitrogen and oxygen atoms in total. The molecular weight excluding hydrogens is 557 g/mol. The summed E-state index contributed by atoms with van der Waals surface area (Å²) < 4.78 is 83.4. The Morgan fingerprint density at radius 2 is 1.56 bits per heavy atom. The Kier molecular flexibility index (Phi) is 12.3. The monoisotopic (exact) mass is 591 g/mol. The largest absolute Gasteiger partial charge is 0.492 e. The average molecular weight is 592 g/mol. The van der Waals surface area contributed by atoms with Crippen LogP contribution in [-0.2, 0) is 20.7 Å². The van der Waals surface area contributed by atoms with Crippen molar-refractivity contribution in [1.29, 1.82) is 0 Å². The maximum Gasteiger partial charge on any atom is 0.482 e. The Bertz CT molecular complexity index is 1130. The molecule has 1 unspecified atom stereocenters. The number of amides is 1. The Labute approximate surface area is 234 Å². The fraction of sp³-hybridized carbons (Fsp3) is 0.500. The van der Waals surface area contributed by atoms with Crippen LogP contribution in [0.25, 0.3) is 0 Å². The van der Waals surface area contributed by atoms with E-state index in [2.05, 4.69) is 4.74 Å². The van der Waals surface area contributed by atoms with Gasteiger partial charge in [0.2, 0.25) is 0 Å². The first-order valence-electron chi connectivity index (χ1n) is 12.8. The van der Waals surface area contributed by atoms with Gasteiger partial charge in [-0.05, 0) is 62.9 Å². The van der Waals surface area contributed by atoms with Crippen molar-refractivity contribution in [2.45, 2.75) is 58.9 Å². The lowest BCUT2D eigenvalue weighted by molar-refractivity contribution is -0.391. The zero-order chi connectivity index (χ0) is 30.8. The lowest BCUT2D eigenvalue weighted by atomic mass is 10.1. The van der Waals surface area contributed by atoms with Crippen molar-refractivity contribution < 1.29 is 55.6 Å². The summed E-state index contributed by atoms with van der Waals surface area (Å²) in [5.41, 5.74) is 3.03. The summed E-state index contributed by atoms with van der Waals surface area (Å²) in [5, 5.41) is 9.23. The van der Waals surface area contributed by atoms with E-state index < -0.39 is 37.1 Å². The number of carboxylic acids is 1. The number of rotatable bonds is 15. The van der Waals surface area contributed by atoms with E-state index in [0.29, 0.717) is 28.2 Å². The molecule has 13 heteroatoms. The van der Waals surface area contributed by atoms with Crippen LogP contribution in [0, 0.1) is 20.8 Å². The summed E-state index contributed by atoms with van der Waals surface area (Å²) in [6, 6.07) is 10.2. The van der Waals surface area contributed by atoms with Gasteiger partial charge in [0.05, 0.1) is 13.2 Å². The minimum atomic E-state index is -5.85. The second kappa shape index (κ2) is 15.0. The number of aliphatic carboxylic acids is 1. The molecule has 0 bridgehead atoms. The SMILES string of the molecule is CCOC(Cc1ccc(OCCN(CCCOC(F)(F)C(F)(F)F)C(=O)Oc2c(C)cc(C)cc2C)cc1)C(=O)O. The Balaban J connectivity index is 2.04. The van der Waals surface area contributed by atoms with Crippen LogP contribution in [0.15, 0.2) is 36.4 Å². The van der Waals surface area contributed by atoms with E-state index in [4.69, 9.17) is 14.2 Å². The van der Waals surface area contributed by atoms with Gasteiger partial charge in [0.25, 0.3) is 0 Å². The summed E-state index contributed by atoms with van der Waals surface area (Å²) in [6.07, 6.45) is -13.2. The molecule has 0 fully saturated rings. The minimum absolute atomic E-state index is 0.0590. The van der Waals surface area contributed by atoms with E-state index in [9.17, 15) is 36.6 Å². The molecule has 0 aliphatic rings. The van der Waals surface area contributed by atoms with Crippen LogP contribution >= 0.6 is 0 Å². The molecular formula is C28H34F5NO7. The fourth-order valence-corrected chi connectivity index (χ4v) is 3.94. The van der Waals surface area contributed by atoms with Crippen molar-refractivity contribution >= 4 is 12.1 Å². The topological polar surface area (TPSA) is 94.5 Å². The van der Waals surface area contributed by atoms with Gasteiger partial charge in [0.15, 0.2) is 6.10 Å². The predicted molar refractivity (Wildman–Crippen MR) is 139 cm³/mol. The highest BCUT2D eigenvalue weighted by atomic mass is 19.4. The number of nitrogens with zero attached hydrogens (tertiary/aromatic N) is 1. The highest BCUT2D eigenvalue weighted by Gasteiger charge is 2.59. The van der Waals surface area contributed by atoms with Crippen LogP contribution in [0.1, 0.15) is 35.6 Å². The highest BCUT2D eigenvalue weighted by Crippen LogP contribution is 2.36. The second-order valence-corrected chi connectivity index (χ2v) is 9.28. The van der Waals surface area contributed by atoms with Crippen LogP contribution in [0.5, 0.6) is 11.5 Å². The van der Waals surface area contributed by atoms with E-state index in [-0.39, 0.29) is 39.1 Å². The van der Waals surface area contributed by atoms with Crippen molar-refractivity contribution in [1.82, 2.24) is 4.90 Å². The number of aryl methyl sites for hydroxylation is 3. The molecule has 0 saturated heterocycles. The number of carbonyl (C=O) groups excluding carboxylic acids is 1. The normalized spacial score (nSPS) is 12.6. The number of hydrogen-bond acceptors (Lipinski definition) is 6. The van der Waals surface area contributed by atoms with Crippen molar-refractivity contribution in [3.8, 4) is 11.5 Å². The van der Waals surface area contributed by atoms with Crippen molar-refractivity contribution in [2.24, 2.45) is 0 Å². The third kappa shape index (κ3) is 10.5. The number of ether oxygens (including phenoxy) is 4. The van der Waals surface area contributed by atoms with E-state index in [1.165, 1.54) is 0 Å². The van der Waals surface area contributed by atoms with E-state index in [1.54, 1.807) is 45.0 Å². The summed E-state index contributed by atoms with van der Waals surface area (Å²) in [6.45, 7) is 5.98. The first kappa shape index (κ1) is 33.8. The molecule has 2 aromatic rings. The van der Waals surface area contributed by atoms with Crippen molar-refractivity contribution in [3.63, 3.8) is 0 Å². The molecule has 0 aromatic heterocycles. The van der Waals surface area contributed by atoms with Gasteiger partial charge in [-0.2, -0.15) is 22.0 Å². The van der Waals surface area contributed by atoms with Crippen molar-refractivity contribution in [3.05, 3.63) is 58.7 Å². The third-order valence-electron chi connectivity index (χ3n) is 5.86. The number of alkyl halides is 5. The van der Waals surface area contributed by atoms with Gasteiger partial charge in [-0.1, -0.05) is 29.8 Å². The number of halogens is 5. The predicted octanol–water partition coefficient (Wildman–Crippen LogP) is 6.09. The quantitative estimate of drug-likeness (QED) is 0.198.